The van der Waals surface area contributed by atoms with Crippen molar-refractivity contribution in [3.63, 3.8) is 0 Å². The molecule has 39 heavy (non-hydrogen) atoms. The number of ether oxygens (including phenoxy) is 3. The number of hydrogen-bond donors (Lipinski definition) is 2. The fourth-order valence-corrected chi connectivity index (χ4v) is 4.25. The number of aromatic nitrogens is 3. The van der Waals surface area contributed by atoms with E-state index < -0.39 is 6.36 Å². The average Bonchev–Trinajstić information content (AvgIpc) is 2.85. The molecule has 1 aliphatic carbocycles. The van der Waals surface area contributed by atoms with Crippen LogP contribution in [0.5, 0.6) is 17.2 Å². The molecule has 0 amide bonds. The van der Waals surface area contributed by atoms with Crippen LogP contribution in [0, 0.1) is 0 Å². The van der Waals surface area contributed by atoms with Crippen LogP contribution >= 0.6 is 0 Å². The van der Waals surface area contributed by atoms with Crippen LogP contribution in [0.15, 0.2) is 60.9 Å². The molecule has 1 saturated carbocycles. The van der Waals surface area contributed by atoms with Gasteiger partial charge < -0.3 is 29.7 Å². The van der Waals surface area contributed by atoms with Crippen LogP contribution in [0.4, 0.5) is 36.3 Å². The second kappa shape index (κ2) is 10.8. The quantitative estimate of drug-likeness (QED) is 0.249. The number of benzene rings is 2. The van der Waals surface area contributed by atoms with Crippen molar-refractivity contribution >= 4 is 34.0 Å². The minimum atomic E-state index is -4.80. The molecule has 2 aromatic carbocycles. The van der Waals surface area contributed by atoms with E-state index in [1.807, 2.05) is 18.2 Å². The standard InChI is InChI=1S/C27H27F3N6O3.2H2/c1-36(2)19-13-20(14-19)38-21-8-7-17(12-23(21)37-3)34-26-31-10-9-24(35-26)33-18-11-16-5-4-6-22(25(16)32-15-18)39-27(28,29)30;;/h4-12,15,19-20H,13-14H2,1-3H3,(H2,31,33,34,35);2*1H. The molecule has 0 bridgehead atoms. The molecule has 0 aliphatic heterocycles. The van der Waals surface area contributed by atoms with Crippen molar-refractivity contribution < 1.29 is 30.2 Å². The molecular weight excluding hydrogens is 513 g/mol. The number of nitrogens with zero attached hydrogens (tertiary/aromatic N) is 4. The van der Waals surface area contributed by atoms with Gasteiger partial charge in [-0.15, -0.1) is 13.2 Å². The molecule has 0 radical (unpaired) electrons. The SMILES string of the molecule is COc1cc(Nc2nccc(Nc3cnc4c(OC(F)(F)F)cccc4c3)n2)ccc1OC1CC(N(C)C)C1.[HH].[HH]. The van der Waals surface area contributed by atoms with Gasteiger partial charge in [0.05, 0.1) is 19.0 Å². The largest absolute Gasteiger partial charge is 0.573 e. The van der Waals surface area contributed by atoms with E-state index in [4.69, 9.17) is 9.47 Å². The Hall–Kier alpha value is -4.32. The number of para-hydroxylation sites is 1. The number of fused-ring (bicyclic) bond motifs is 1. The number of rotatable bonds is 9. The van der Waals surface area contributed by atoms with Crippen molar-refractivity contribution in [1.82, 2.24) is 19.9 Å². The van der Waals surface area contributed by atoms with E-state index >= 15 is 0 Å². The fourth-order valence-electron chi connectivity index (χ4n) is 4.25. The van der Waals surface area contributed by atoms with Crippen molar-refractivity contribution in [2.75, 3.05) is 31.8 Å². The molecule has 2 heterocycles. The third kappa shape index (κ3) is 6.40. The topological polar surface area (TPSA) is 93.7 Å². The summed E-state index contributed by atoms with van der Waals surface area (Å²) in [5.74, 6) is 1.70. The van der Waals surface area contributed by atoms with Gasteiger partial charge in [0.1, 0.15) is 17.4 Å². The van der Waals surface area contributed by atoms with Gasteiger partial charge in [-0.1, -0.05) is 12.1 Å². The summed E-state index contributed by atoms with van der Waals surface area (Å²) >= 11 is 0. The zero-order valence-electron chi connectivity index (χ0n) is 21.5. The lowest BCUT2D eigenvalue weighted by molar-refractivity contribution is -0.274. The molecule has 12 heteroatoms. The van der Waals surface area contributed by atoms with Crippen LogP contribution in [0.1, 0.15) is 15.7 Å². The van der Waals surface area contributed by atoms with Gasteiger partial charge in [0.2, 0.25) is 5.95 Å². The van der Waals surface area contributed by atoms with E-state index in [-0.39, 0.29) is 20.2 Å². The third-order valence-corrected chi connectivity index (χ3v) is 6.34. The maximum atomic E-state index is 12.7. The van der Waals surface area contributed by atoms with Gasteiger partial charge in [-0.3, -0.25) is 4.98 Å². The molecule has 4 aromatic rings. The van der Waals surface area contributed by atoms with E-state index in [1.165, 1.54) is 18.3 Å². The Labute approximate surface area is 225 Å². The number of hydrogen-bond acceptors (Lipinski definition) is 9. The lowest BCUT2D eigenvalue weighted by Crippen LogP contribution is -2.46. The second-order valence-corrected chi connectivity index (χ2v) is 9.31. The Bertz CT molecular complexity index is 1470. The first-order valence-electron chi connectivity index (χ1n) is 12.2. The maximum absolute atomic E-state index is 12.7. The zero-order chi connectivity index (χ0) is 27.6. The highest BCUT2D eigenvalue weighted by molar-refractivity contribution is 5.87. The first-order valence-corrected chi connectivity index (χ1v) is 12.2. The van der Waals surface area contributed by atoms with Gasteiger partial charge in [-0.05, 0) is 57.3 Å². The summed E-state index contributed by atoms with van der Waals surface area (Å²) in [6, 6.07) is 13.7. The lowest BCUT2D eigenvalue weighted by atomic mass is 9.88. The molecule has 1 fully saturated rings. The van der Waals surface area contributed by atoms with E-state index in [1.54, 1.807) is 31.5 Å². The van der Waals surface area contributed by atoms with Gasteiger partial charge in [0.15, 0.2) is 17.2 Å². The van der Waals surface area contributed by atoms with Gasteiger partial charge in [-0.2, -0.15) is 4.98 Å². The average molecular weight is 545 g/mol. The lowest BCUT2D eigenvalue weighted by Gasteiger charge is -2.39. The number of pyridine rings is 1. The van der Waals surface area contributed by atoms with Crippen LogP contribution in [0.2, 0.25) is 0 Å². The summed E-state index contributed by atoms with van der Waals surface area (Å²) in [7, 11) is 5.73. The summed E-state index contributed by atoms with van der Waals surface area (Å²) in [5.41, 5.74) is 1.34. The number of methoxy groups -OCH3 is 1. The molecule has 2 aromatic heterocycles. The summed E-state index contributed by atoms with van der Waals surface area (Å²) in [6.07, 6.45) is 0.282. The molecule has 5 rings (SSSR count). The van der Waals surface area contributed by atoms with Gasteiger partial charge in [-0.25, -0.2) is 4.98 Å². The highest BCUT2D eigenvalue weighted by atomic mass is 19.4. The summed E-state index contributed by atoms with van der Waals surface area (Å²) in [6.45, 7) is 0. The summed E-state index contributed by atoms with van der Waals surface area (Å²) in [5, 5.41) is 6.73. The first kappa shape index (κ1) is 26.3. The first-order chi connectivity index (χ1) is 18.7. The van der Waals surface area contributed by atoms with E-state index in [2.05, 4.69) is 49.3 Å². The second-order valence-electron chi connectivity index (χ2n) is 9.31. The van der Waals surface area contributed by atoms with Crippen molar-refractivity contribution in [3.05, 3.63) is 60.9 Å². The monoisotopic (exact) mass is 544 g/mol. The minimum Gasteiger partial charge on any atom is -0.493 e. The van der Waals surface area contributed by atoms with E-state index in [9.17, 15) is 13.2 Å². The van der Waals surface area contributed by atoms with Gasteiger partial charge in [0, 0.05) is 32.2 Å². The molecule has 1 aliphatic rings. The van der Waals surface area contributed by atoms with Gasteiger partial charge in [0.25, 0.3) is 0 Å². The number of anilines is 4. The van der Waals surface area contributed by atoms with E-state index in [0.29, 0.717) is 46.1 Å². The van der Waals surface area contributed by atoms with Crippen LogP contribution in [0.25, 0.3) is 10.9 Å². The smallest absolute Gasteiger partial charge is 0.493 e. The molecule has 208 valence electrons. The normalized spacial score (nSPS) is 17.0. The Morgan fingerprint density at radius 2 is 1.77 bits per heavy atom. The van der Waals surface area contributed by atoms with Crippen molar-refractivity contribution in [3.8, 4) is 17.2 Å². The van der Waals surface area contributed by atoms with Crippen molar-refractivity contribution in [2.24, 2.45) is 0 Å². The number of nitrogens with one attached hydrogen (secondary N) is 2. The van der Waals surface area contributed by atoms with Crippen molar-refractivity contribution in [2.45, 2.75) is 31.3 Å². The highest BCUT2D eigenvalue weighted by Gasteiger charge is 2.33. The predicted molar refractivity (Wildman–Crippen MR) is 145 cm³/mol. The maximum Gasteiger partial charge on any atom is 0.573 e. The molecule has 0 atom stereocenters. The van der Waals surface area contributed by atoms with Crippen LogP contribution in [-0.4, -0.2) is 59.6 Å². The molecule has 0 unspecified atom stereocenters. The molecule has 0 saturated heterocycles. The Morgan fingerprint density at radius 1 is 0.949 bits per heavy atom. The Morgan fingerprint density at radius 3 is 2.51 bits per heavy atom. The van der Waals surface area contributed by atoms with Crippen LogP contribution in [0.3, 0.4) is 0 Å². The predicted octanol–water partition coefficient (Wildman–Crippen LogP) is 6.38. The Balaban J connectivity index is 0.00000231. The highest BCUT2D eigenvalue weighted by Crippen LogP contribution is 2.36. The summed E-state index contributed by atoms with van der Waals surface area (Å²) in [4.78, 5) is 15.1. The summed E-state index contributed by atoms with van der Waals surface area (Å²) < 4.78 is 53.8. The number of alkyl halides is 3. The molecule has 0 spiro atoms. The third-order valence-electron chi connectivity index (χ3n) is 6.34. The molecule has 2 N–H and O–H groups in total. The van der Waals surface area contributed by atoms with Crippen LogP contribution in [-0.2, 0) is 0 Å². The minimum absolute atomic E-state index is 0. The van der Waals surface area contributed by atoms with E-state index in [0.717, 1.165) is 12.8 Å². The molecule has 9 nitrogen and oxygen atoms in total. The fraction of sp³-hybridized carbons (Fsp3) is 0.296. The molecular formula is C27H31F3N6O3. The van der Waals surface area contributed by atoms with Crippen molar-refractivity contribution in [1.29, 1.82) is 0 Å². The number of halogens is 3. The van der Waals surface area contributed by atoms with Crippen LogP contribution < -0.4 is 24.8 Å². The zero-order valence-corrected chi connectivity index (χ0v) is 21.5. The van der Waals surface area contributed by atoms with Gasteiger partial charge >= 0.3 is 6.36 Å². The Kier molecular flexibility index (Phi) is 7.29.